The van der Waals surface area contributed by atoms with E-state index < -0.39 is 0 Å². The molecule has 0 amide bonds. The first-order chi connectivity index (χ1) is 8.39. The number of hydrogen-bond donors (Lipinski definition) is 0. The predicted octanol–water partition coefficient (Wildman–Crippen LogP) is 4.17. The maximum Gasteiger partial charge on any atom is 0.309 e. The first kappa shape index (κ1) is 14.0. The van der Waals surface area contributed by atoms with E-state index in [1.54, 1.807) is 0 Å². The summed E-state index contributed by atoms with van der Waals surface area (Å²) in [6.45, 7) is 0.590. The summed E-state index contributed by atoms with van der Waals surface area (Å²) >= 11 is 0. The molecule has 0 atom stereocenters. The largest absolute Gasteiger partial charge is 0.465 e. The molecule has 96 valence electrons. The third-order valence-corrected chi connectivity index (χ3v) is 2.90. The Morgan fingerprint density at radius 3 is 2.29 bits per heavy atom. The second-order valence-electron chi connectivity index (χ2n) is 4.50. The Kier molecular flexibility index (Phi) is 8.35. The van der Waals surface area contributed by atoms with Crippen LogP contribution in [0, 0.1) is 0 Å². The lowest BCUT2D eigenvalue weighted by molar-refractivity contribution is -0.142. The van der Waals surface area contributed by atoms with Gasteiger partial charge >= 0.3 is 5.97 Å². The number of hydrogen-bond acceptors (Lipinski definition) is 2. The first-order valence-corrected chi connectivity index (χ1v) is 6.85. The summed E-state index contributed by atoms with van der Waals surface area (Å²) in [6.07, 6.45) is 18.2. The van der Waals surface area contributed by atoms with Crippen molar-refractivity contribution in [2.45, 2.75) is 57.8 Å². The van der Waals surface area contributed by atoms with Crippen LogP contribution < -0.4 is 0 Å². The van der Waals surface area contributed by atoms with Crippen LogP contribution in [0.1, 0.15) is 57.8 Å². The van der Waals surface area contributed by atoms with Gasteiger partial charge < -0.3 is 4.74 Å². The molecule has 0 radical (unpaired) electrons. The minimum atomic E-state index is -0.0936. The van der Waals surface area contributed by atoms with Gasteiger partial charge in [-0.1, -0.05) is 43.6 Å². The van der Waals surface area contributed by atoms with E-state index in [9.17, 15) is 4.79 Å². The Labute approximate surface area is 105 Å². The van der Waals surface area contributed by atoms with Gasteiger partial charge in [-0.3, -0.25) is 4.79 Å². The van der Waals surface area contributed by atoms with Crippen LogP contribution in [0.5, 0.6) is 0 Å². The molecular formula is C15H24O2. The highest BCUT2D eigenvalue weighted by Gasteiger charge is 1.99. The molecule has 0 unspecified atom stereocenters. The van der Waals surface area contributed by atoms with E-state index in [1.165, 1.54) is 32.1 Å². The minimum absolute atomic E-state index is 0.0936. The molecular weight excluding hydrogens is 212 g/mol. The second kappa shape index (κ2) is 10.1. The number of carbonyl (C=O) groups is 1. The summed E-state index contributed by atoms with van der Waals surface area (Å²) in [4.78, 5) is 11.3. The van der Waals surface area contributed by atoms with Crippen molar-refractivity contribution < 1.29 is 9.53 Å². The average molecular weight is 236 g/mol. The lowest BCUT2D eigenvalue weighted by Gasteiger charge is -2.03. The monoisotopic (exact) mass is 236 g/mol. The van der Waals surface area contributed by atoms with Crippen molar-refractivity contribution in [1.29, 1.82) is 0 Å². The molecule has 0 saturated heterocycles. The van der Waals surface area contributed by atoms with E-state index in [-0.39, 0.29) is 5.97 Å². The van der Waals surface area contributed by atoms with Crippen LogP contribution in [0.2, 0.25) is 0 Å². The number of allylic oxidation sites excluding steroid dienone is 3. The zero-order valence-corrected chi connectivity index (χ0v) is 10.7. The Balaban J connectivity index is 2.26. The molecule has 0 fully saturated rings. The highest BCUT2D eigenvalue weighted by atomic mass is 16.5. The highest BCUT2D eigenvalue weighted by molar-refractivity contribution is 5.71. The number of esters is 1. The summed E-state index contributed by atoms with van der Waals surface area (Å²) in [5.74, 6) is -0.0936. The molecule has 0 aromatic heterocycles. The molecule has 2 heteroatoms. The van der Waals surface area contributed by atoms with E-state index in [0.717, 1.165) is 19.3 Å². The molecule has 0 aromatic carbocycles. The minimum Gasteiger partial charge on any atom is -0.465 e. The molecule has 1 aliphatic rings. The Hall–Kier alpha value is -1.05. The third-order valence-electron chi connectivity index (χ3n) is 2.90. The molecule has 1 heterocycles. The molecule has 0 spiro atoms. The van der Waals surface area contributed by atoms with E-state index in [0.29, 0.717) is 13.0 Å². The summed E-state index contributed by atoms with van der Waals surface area (Å²) in [5.41, 5.74) is 0. The van der Waals surface area contributed by atoms with Gasteiger partial charge in [-0.25, -0.2) is 0 Å². The Morgan fingerprint density at radius 2 is 1.41 bits per heavy atom. The van der Waals surface area contributed by atoms with E-state index in [2.05, 4.69) is 18.2 Å². The molecule has 2 nitrogen and oxygen atoms in total. The molecule has 0 N–H and O–H groups in total. The molecule has 1 rings (SSSR count). The summed E-state index contributed by atoms with van der Waals surface area (Å²) < 4.78 is 5.14. The number of ether oxygens (including phenoxy) is 1. The van der Waals surface area contributed by atoms with E-state index >= 15 is 0 Å². The Morgan fingerprint density at radius 1 is 0.765 bits per heavy atom. The maximum absolute atomic E-state index is 11.3. The van der Waals surface area contributed by atoms with E-state index in [4.69, 9.17) is 4.74 Å². The van der Waals surface area contributed by atoms with Crippen LogP contribution in [-0.2, 0) is 9.53 Å². The van der Waals surface area contributed by atoms with Gasteiger partial charge in [0.25, 0.3) is 0 Å². The van der Waals surface area contributed by atoms with Crippen molar-refractivity contribution in [3.8, 4) is 0 Å². The topological polar surface area (TPSA) is 26.3 Å². The molecule has 0 aromatic rings. The van der Waals surface area contributed by atoms with Gasteiger partial charge in [0.15, 0.2) is 0 Å². The van der Waals surface area contributed by atoms with Gasteiger partial charge in [0.1, 0.15) is 0 Å². The van der Waals surface area contributed by atoms with Crippen molar-refractivity contribution >= 4 is 5.97 Å². The number of carbonyl (C=O) groups excluding carboxylic acids is 1. The van der Waals surface area contributed by atoms with E-state index in [1.807, 2.05) is 6.08 Å². The molecule has 0 saturated carbocycles. The van der Waals surface area contributed by atoms with Crippen LogP contribution in [0.4, 0.5) is 0 Å². The van der Waals surface area contributed by atoms with Crippen molar-refractivity contribution in [1.82, 2.24) is 0 Å². The van der Waals surface area contributed by atoms with Crippen LogP contribution in [0.25, 0.3) is 0 Å². The van der Waals surface area contributed by atoms with Gasteiger partial charge in [-0.2, -0.15) is 0 Å². The van der Waals surface area contributed by atoms with Crippen LogP contribution >= 0.6 is 0 Å². The zero-order chi connectivity index (χ0) is 12.2. The number of cyclic esters (lactones) is 1. The smallest absolute Gasteiger partial charge is 0.309 e. The quantitative estimate of drug-likeness (QED) is 0.466. The van der Waals surface area contributed by atoms with Crippen LogP contribution in [0.15, 0.2) is 24.3 Å². The number of rotatable bonds is 0. The summed E-state index contributed by atoms with van der Waals surface area (Å²) in [7, 11) is 0. The van der Waals surface area contributed by atoms with Crippen molar-refractivity contribution in [3.63, 3.8) is 0 Å². The van der Waals surface area contributed by atoms with Gasteiger partial charge in [-0.15, -0.1) is 0 Å². The van der Waals surface area contributed by atoms with Gasteiger partial charge in [0.05, 0.1) is 13.0 Å². The zero-order valence-electron chi connectivity index (χ0n) is 10.7. The maximum atomic E-state index is 11.3. The predicted molar refractivity (Wildman–Crippen MR) is 70.8 cm³/mol. The standard InChI is InChI=1S/C15H24O2/c16-15-13-11-9-7-5-3-1-2-4-6-8-10-12-14-17-15/h1,3,9,11H,2,4-8,10,12-14H2/b3-1+,11-9-. The highest BCUT2D eigenvalue weighted by Crippen LogP contribution is 2.07. The first-order valence-electron chi connectivity index (χ1n) is 6.85. The molecule has 1 aliphatic heterocycles. The Bertz CT molecular complexity index is 254. The van der Waals surface area contributed by atoms with Crippen LogP contribution in [0.3, 0.4) is 0 Å². The molecule has 0 aliphatic carbocycles. The van der Waals surface area contributed by atoms with Crippen molar-refractivity contribution in [2.24, 2.45) is 0 Å². The van der Waals surface area contributed by atoms with Gasteiger partial charge in [0, 0.05) is 0 Å². The fourth-order valence-corrected chi connectivity index (χ4v) is 1.87. The van der Waals surface area contributed by atoms with Crippen LogP contribution in [-0.4, -0.2) is 12.6 Å². The summed E-state index contributed by atoms with van der Waals surface area (Å²) in [5, 5.41) is 0. The normalized spacial score (nSPS) is 24.8. The third kappa shape index (κ3) is 8.73. The van der Waals surface area contributed by atoms with Crippen molar-refractivity contribution in [3.05, 3.63) is 24.3 Å². The molecule has 17 heavy (non-hydrogen) atoms. The van der Waals surface area contributed by atoms with Crippen molar-refractivity contribution in [2.75, 3.05) is 6.61 Å². The average Bonchev–Trinajstić information content (AvgIpc) is 2.32. The van der Waals surface area contributed by atoms with Gasteiger partial charge in [-0.05, 0) is 32.1 Å². The summed E-state index contributed by atoms with van der Waals surface area (Å²) in [6, 6.07) is 0. The molecule has 0 bridgehead atoms. The lowest BCUT2D eigenvalue weighted by Crippen LogP contribution is -2.04. The fourth-order valence-electron chi connectivity index (χ4n) is 1.87. The van der Waals surface area contributed by atoms with Gasteiger partial charge in [0.2, 0.25) is 0 Å². The SMILES string of the molecule is O=C1C/C=C\CC/C=C/CCCCCCCO1. The second-order valence-corrected chi connectivity index (χ2v) is 4.50. The lowest BCUT2D eigenvalue weighted by atomic mass is 10.1. The fraction of sp³-hybridized carbons (Fsp3) is 0.667.